The van der Waals surface area contributed by atoms with Gasteiger partial charge in [0.05, 0.1) is 12.7 Å². The maximum Gasteiger partial charge on any atom is 0.338 e. The van der Waals surface area contributed by atoms with Gasteiger partial charge in [0.15, 0.2) is 0 Å². The molecule has 9 heteroatoms. The monoisotopic (exact) mass is 496 g/mol. The Balaban J connectivity index is 1.31. The number of esters is 1. The lowest BCUT2D eigenvalue weighted by Gasteiger charge is -2.39. The van der Waals surface area contributed by atoms with Crippen molar-refractivity contribution >= 4 is 5.97 Å². The average Bonchev–Trinajstić information content (AvgIpc) is 2.92. The number of methoxy groups -OCH3 is 1. The molecule has 1 aliphatic heterocycles. The van der Waals surface area contributed by atoms with Crippen molar-refractivity contribution in [3.8, 4) is 17.2 Å². The van der Waals surface area contributed by atoms with E-state index in [1.807, 2.05) is 30.3 Å². The van der Waals surface area contributed by atoms with Gasteiger partial charge in [0, 0.05) is 0 Å². The summed E-state index contributed by atoms with van der Waals surface area (Å²) >= 11 is 0. The van der Waals surface area contributed by atoms with Gasteiger partial charge < -0.3 is 39.0 Å². The minimum atomic E-state index is -1.56. The topological polar surface area (TPSA) is 124 Å². The van der Waals surface area contributed by atoms with Crippen molar-refractivity contribution in [3.63, 3.8) is 0 Å². The van der Waals surface area contributed by atoms with E-state index in [0.717, 1.165) is 5.56 Å². The molecule has 0 aliphatic carbocycles. The number of carbonyl (C=O) groups excluding carboxylic acids is 1. The summed E-state index contributed by atoms with van der Waals surface area (Å²) in [4.78, 5) is 12.5. The molecule has 0 amide bonds. The van der Waals surface area contributed by atoms with E-state index in [1.54, 1.807) is 48.5 Å². The maximum atomic E-state index is 12.5. The van der Waals surface area contributed by atoms with Gasteiger partial charge in [0.2, 0.25) is 6.29 Å². The number of ether oxygens (including phenoxy) is 5. The van der Waals surface area contributed by atoms with Gasteiger partial charge in [-0.25, -0.2) is 4.79 Å². The van der Waals surface area contributed by atoms with E-state index in [2.05, 4.69) is 0 Å². The van der Waals surface area contributed by atoms with E-state index in [-0.39, 0.29) is 12.2 Å². The molecule has 1 fully saturated rings. The minimum Gasteiger partial charge on any atom is -0.497 e. The van der Waals surface area contributed by atoms with Crippen molar-refractivity contribution in [2.75, 3.05) is 13.7 Å². The average molecular weight is 497 g/mol. The number of hydrogen-bond donors (Lipinski definition) is 3. The Labute approximate surface area is 208 Å². The third-order valence-corrected chi connectivity index (χ3v) is 5.70. The molecule has 1 aliphatic rings. The van der Waals surface area contributed by atoms with Crippen LogP contribution in [0.4, 0.5) is 0 Å². The molecule has 0 unspecified atom stereocenters. The van der Waals surface area contributed by atoms with Gasteiger partial charge in [0.25, 0.3) is 0 Å². The van der Waals surface area contributed by atoms with Gasteiger partial charge in [-0.1, -0.05) is 30.3 Å². The summed E-state index contributed by atoms with van der Waals surface area (Å²) in [5.41, 5.74) is 1.30. The number of aliphatic hydroxyl groups excluding tert-OH is 3. The van der Waals surface area contributed by atoms with Crippen LogP contribution in [0.2, 0.25) is 0 Å². The van der Waals surface area contributed by atoms with E-state index in [0.29, 0.717) is 23.9 Å². The third-order valence-electron chi connectivity index (χ3n) is 5.70. The summed E-state index contributed by atoms with van der Waals surface area (Å²) in [6.07, 6.45) is -6.98. The highest BCUT2D eigenvalue weighted by atomic mass is 16.7. The normalized spacial score (nSPS) is 23.5. The van der Waals surface area contributed by atoms with Gasteiger partial charge in [-0.05, 0) is 54.1 Å². The second kappa shape index (κ2) is 11.9. The Morgan fingerprint density at radius 3 is 2.11 bits per heavy atom. The first-order chi connectivity index (χ1) is 17.4. The first-order valence-electron chi connectivity index (χ1n) is 11.4. The number of hydrogen-bond acceptors (Lipinski definition) is 9. The van der Waals surface area contributed by atoms with Crippen molar-refractivity contribution in [2.45, 2.75) is 37.3 Å². The fourth-order valence-corrected chi connectivity index (χ4v) is 3.61. The third kappa shape index (κ3) is 6.32. The van der Waals surface area contributed by atoms with Gasteiger partial charge in [-0.3, -0.25) is 0 Å². The molecular weight excluding hydrogens is 468 g/mol. The maximum absolute atomic E-state index is 12.5. The Bertz CT molecular complexity index is 1100. The van der Waals surface area contributed by atoms with Crippen LogP contribution in [0.25, 0.3) is 0 Å². The zero-order chi connectivity index (χ0) is 25.5. The molecule has 3 N–H and O–H groups in total. The van der Waals surface area contributed by atoms with Crippen molar-refractivity contribution in [3.05, 3.63) is 90.0 Å². The van der Waals surface area contributed by atoms with Gasteiger partial charge >= 0.3 is 5.97 Å². The molecule has 9 nitrogen and oxygen atoms in total. The molecule has 0 spiro atoms. The number of rotatable bonds is 9. The molecule has 5 atom stereocenters. The molecule has 0 radical (unpaired) electrons. The summed E-state index contributed by atoms with van der Waals surface area (Å²) in [5.74, 6) is 0.919. The van der Waals surface area contributed by atoms with E-state index >= 15 is 0 Å². The predicted octanol–water partition coefficient (Wildman–Crippen LogP) is 2.32. The highest BCUT2D eigenvalue weighted by Gasteiger charge is 2.45. The van der Waals surface area contributed by atoms with Crippen LogP contribution >= 0.6 is 0 Å². The lowest BCUT2D eigenvalue weighted by atomic mass is 9.99. The smallest absolute Gasteiger partial charge is 0.338 e. The van der Waals surface area contributed by atoms with Crippen molar-refractivity contribution in [1.82, 2.24) is 0 Å². The summed E-state index contributed by atoms with van der Waals surface area (Å²) < 4.78 is 27.3. The molecule has 0 bridgehead atoms. The Morgan fingerprint density at radius 1 is 0.806 bits per heavy atom. The van der Waals surface area contributed by atoms with Crippen LogP contribution in [0.15, 0.2) is 78.9 Å². The summed E-state index contributed by atoms with van der Waals surface area (Å²) in [6.45, 7) is 0.0357. The fourth-order valence-electron chi connectivity index (χ4n) is 3.61. The van der Waals surface area contributed by atoms with Crippen LogP contribution in [0.1, 0.15) is 15.9 Å². The van der Waals surface area contributed by atoms with Crippen LogP contribution in [0.3, 0.4) is 0 Å². The fraction of sp³-hybridized carbons (Fsp3) is 0.296. The minimum absolute atomic E-state index is 0.277. The molecule has 1 heterocycles. The van der Waals surface area contributed by atoms with E-state index in [1.165, 1.54) is 7.11 Å². The standard InChI is InChI=1S/C27H28O9/c1-32-19-11-13-21(14-12-19)35-27-25(30)24(29)23(28)22(36-27)16-34-26(31)18-7-9-20(10-8-18)33-15-17-5-3-2-4-6-17/h2-14,22-25,27-30H,15-16H2,1H3/t22-,23-,24+,25-,27-/m1/s1. The molecule has 0 aromatic heterocycles. The largest absolute Gasteiger partial charge is 0.497 e. The number of benzene rings is 3. The van der Waals surface area contributed by atoms with Crippen LogP contribution in [0, 0.1) is 0 Å². The van der Waals surface area contributed by atoms with Crippen LogP contribution in [-0.4, -0.2) is 65.7 Å². The zero-order valence-corrected chi connectivity index (χ0v) is 19.6. The molecule has 190 valence electrons. The lowest BCUT2D eigenvalue weighted by Crippen LogP contribution is -2.60. The lowest BCUT2D eigenvalue weighted by molar-refractivity contribution is -0.277. The van der Waals surface area contributed by atoms with E-state index in [4.69, 9.17) is 23.7 Å². The van der Waals surface area contributed by atoms with Crippen LogP contribution in [0.5, 0.6) is 17.2 Å². The molecule has 36 heavy (non-hydrogen) atoms. The number of aliphatic hydroxyl groups is 3. The Hall–Kier alpha value is -3.63. The molecule has 1 saturated heterocycles. The summed E-state index contributed by atoms with van der Waals surface area (Å²) in [6, 6.07) is 22.7. The second-order valence-corrected chi connectivity index (χ2v) is 8.21. The Morgan fingerprint density at radius 2 is 1.44 bits per heavy atom. The van der Waals surface area contributed by atoms with Gasteiger partial charge in [-0.15, -0.1) is 0 Å². The predicted molar refractivity (Wildman–Crippen MR) is 128 cm³/mol. The SMILES string of the molecule is COc1ccc(O[C@@H]2O[C@H](COC(=O)c3ccc(OCc4ccccc4)cc3)[C@@H](O)[C@H](O)[C@H]2O)cc1. The summed E-state index contributed by atoms with van der Waals surface area (Å²) in [7, 11) is 1.53. The molecule has 3 aromatic carbocycles. The molecular formula is C27H28O9. The first-order valence-corrected chi connectivity index (χ1v) is 11.4. The van der Waals surface area contributed by atoms with Crippen molar-refractivity contribution < 1.29 is 43.8 Å². The molecule has 0 saturated carbocycles. The first kappa shape index (κ1) is 25.5. The van der Waals surface area contributed by atoms with Gasteiger partial charge in [-0.2, -0.15) is 0 Å². The van der Waals surface area contributed by atoms with Crippen molar-refractivity contribution in [1.29, 1.82) is 0 Å². The van der Waals surface area contributed by atoms with E-state index < -0.39 is 36.7 Å². The van der Waals surface area contributed by atoms with Crippen LogP contribution < -0.4 is 14.2 Å². The van der Waals surface area contributed by atoms with E-state index in [9.17, 15) is 20.1 Å². The summed E-state index contributed by atoms with van der Waals surface area (Å²) in [5, 5.41) is 30.9. The van der Waals surface area contributed by atoms with Gasteiger partial charge in [0.1, 0.15) is 54.9 Å². The quantitative estimate of drug-likeness (QED) is 0.383. The zero-order valence-electron chi connectivity index (χ0n) is 19.6. The van der Waals surface area contributed by atoms with Crippen molar-refractivity contribution in [2.24, 2.45) is 0 Å². The molecule has 4 rings (SSSR count). The Kier molecular flexibility index (Phi) is 8.40. The molecule has 3 aromatic rings. The second-order valence-electron chi connectivity index (χ2n) is 8.21. The highest BCUT2D eigenvalue weighted by Crippen LogP contribution is 2.26. The van der Waals surface area contributed by atoms with Crippen LogP contribution in [-0.2, 0) is 16.1 Å². The highest BCUT2D eigenvalue weighted by molar-refractivity contribution is 5.89. The number of carbonyl (C=O) groups is 1.